The number of benzene rings is 1. The van der Waals surface area contributed by atoms with Gasteiger partial charge in [-0.3, -0.25) is 9.69 Å². The molecule has 1 saturated heterocycles. The summed E-state index contributed by atoms with van der Waals surface area (Å²) in [5, 5.41) is 4.40. The highest BCUT2D eigenvalue weighted by Gasteiger charge is 2.33. The third-order valence-corrected chi connectivity index (χ3v) is 6.68. The van der Waals surface area contributed by atoms with Crippen molar-refractivity contribution in [2.45, 2.75) is 71.5 Å². The fourth-order valence-corrected chi connectivity index (χ4v) is 4.78. The van der Waals surface area contributed by atoms with Crippen LogP contribution in [0.15, 0.2) is 18.2 Å². The number of halogens is 1. The Morgan fingerprint density at radius 1 is 1.19 bits per heavy atom. The largest absolute Gasteiger partial charge is 0.382 e. The molecule has 1 aromatic carbocycles. The highest BCUT2D eigenvalue weighted by molar-refractivity contribution is 6.31. The van der Waals surface area contributed by atoms with Crippen LogP contribution < -0.4 is 5.32 Å². The molecule has 1 amide bonds. The lowest BCUT2D eigenvalue weighted by atomic mass is 9.84. The molecule has 1 heterocycles. The number of piperazine rings is 1. The van der Waals surface area contributed by atoms with Crippen molar-refractivity contribution in [2.24, 2.45) is 5.92 Å². The molecular formula is C22H34ClN3O. The highest BCUT2D eigenvalue weighted by Crippen LogP contribution is 2.30. The van der Waals surface area contributed by atoms with Crippen molar-refractivity contribution in [3.8, 4) is 0 Å². The molecule has 1 aliphatic carbocycles. The van der Waals surface area contributed by atoms with Crippen LogP contribution in [-0.4, -0.2) is 53.5 Å². The Morgan fingerprint density at radius 3 is 2.48 bits per heavy atom. The van der Waals surface area contributed by atoms with E-state index in [1.54, 1.807) is 0 Å². The molecule has 1 unspecified atom stereocenters. The van der Waals surface area contributed by atoms with E-state index in [0.29, 0.717) is 24.0 Å². The van der Waals surface area contributed by atoms with E-state index in [-0.39, 0.29) is 5.92 Å². The molecule has 5 heteroatoms. The van der Waals surface area contributed by atoms with Gasteiger partial charge in [-0.2, -0.15) is 0 Å². The summed E-state index contributed by atoms with van der Waals surface area (Å²) in [6, 6.07) is 7.58. The Kier molecular flexibility index (Phi) is 6.69. The monoisotopic (exact) mass is 391 g/mol. The molecular weight excluding hydrogens is 358 g/mol. The van der Waals surface area contributed by atoms with Crippen molar-refractivity contribution < 1.29 is 4.79 Å². The molecule has 1 aromatic rings. The Balaban J connectivity index is 1.48. The zero-order valence-corrected chi connectivity index (χ0v) is 17.9. The summed E-state index contributed by atoms with van der Waals surface area (Å²) >= 11 is 6.23. The van der Waals surface area contributed by atoms with Crippen molar-refractivity contribution in [2.75, 3.05) is 25.0 Å². The average Bonchev–Trinajstić information content (AvgIpc) is 2.64. The average molecular weight is 392 g/mol. The summed E-state index contributed by atoms with van der Waals surface area (Å²) in [6.07, 6.45) is 4.05. The molecule has 2 fully saturated rings. The first-order valence-corrected chi connectivity index (χ1v) is 10.8. The summed E-state index contributed by atoms with van der Waals surface area (Å²) in [5.41, 5.74) is 2.18. The Labute approximate surface area is 169 Å². The predicted molar refractivity (Wildman–Crippen MR) is 113 cm³/mol. The van der Waals surface area contributed by atoms with Crippen LogP contribution in [0.1, 0.15) is 52.0 Å². The number of carbonyl (C=O) groups excluding carboxylic acids is 1. The van der Waals surface area contributed by atoms with E-state index in [2.05, 4.69) is 48.0 Å². The lowest BCUT2D eigenvalue weighted by molar-refractivity contribution is -0.139. The number of hydrogen-bond donors (Lipinski definition) is 1. The SMILES string of the molecule is Cc1ccc(NC2CCC(C(=O)N3CCN(C(C)C)C(C)C3)CC2)cc1Cl. The maximum absolute atomic E-state index is 13.0. The zero-order valence-electron chi connectivity index (χ0n) is 17.2. The van der Waals surface area contributed by atoms with Gasteiger partial charge in [0.15, 0.2) is 0 Å². The number of anilines is 1. The van der Waals surface area contributed by atoms with Crippen molar-refractivity contribution in [1.29, 1.82) is 0 Å². The number of carbonyl (C=O) groups is 1. The summed E-state index contributed by atoms with van der Waals surface area (Å²) in [7, 11) is 0. The molecule has 0 bridgehead atoms. The molecule has 1 N–H and O–H groups in total. The minimum absolute atomic E-state index is 0.197. The van der Waals surface area contributed by atoms with Gasteiger partial charge in [-0.15, -0.1) is 0 Å². The normalized spacial score (nSPS) is 27.0. The molecule has 1 saturated carbocycles. The molecule has 0 radical (unpaired) electrons. The molecule has 1 atom stereocenters. The van der Waals surface area contributed by atoms with Crippen molar-refractivity contribution >= 4 is 23.2 Å². The van der Waals surface area contributed by atoms with E-state index in [9.17, 15) is 4.79 Å². The van der Waals surface area contributed by atoms with Crippen LogP contribution in [0.2, 0.25) is 5.02 Å². The third-order valence-electron chi connectivity index (χ3n) is 6.27. The molecule has 1 aliphatic heterocycles. The maximum Gasteiger partial charge on any atom is 0.225 e. The molecule has 2 aliphatic rings. The second-order valence-electron chi connectivity index (χ2n) is 8.62. The van der Waals surface area contributed by atoms with Crippen molar-refractivity contribution in [1.82, 2.24) is 9.80 Å². The lowest BCUT2D eigenvalue weighted by Crippen LogP contribution is -2.56. The fourth-order valence-electron chi connectivity index (χ4n) is 4.60. The van der Waals surface area contributed by atoms with Gasteiger partial charge >= 0.3 is 0 Å². The summed E-state index contributed by atoms with van der Waals surface area (Å²) in [5.74, 6) is 0.574. The number of nitrogens with zero attached hydrogens (tertiary/aromatic N) is 2. The van der Waals surface area contributed by atoms with Crippen LogP contribution in [0, 0.1) is 12.8 Å². The van der Waals surface area contributed by atoms with E-state index < -0.39 is 0 Å². The van der Waals surface area contributed by atoms with Crippen molar-refractivity contribution in [3.05, 3.63) is 28.8 Å². The number of amides is 1. The van der Waals surface area contributed by atoms with E-state index in [1.165, 1.54) is 0 Å². The number of nitrogens with one attached hydrogen (secondary N) is 1. The van der Waals surface area contributed by atoms with Gasteiger partial charge in [0.1, 0.15) is 0 Å². The topological polar surface area (TPSA) is 35.6 Å². The first kappa shape index (κ1) is 20.5. The summed E-state index contributed by atoms with van der Waals surface area (Å²) in [6.45, 7) is 11.5. The predicted octanol–water partition coefficient (Wildman–Crippen LogP) is 4.56. The minimum Gasteiger partial charge on any atom is -0.382 e. The smallest absolute Gasteiger partial charge is 0.225 e. The highest BCUT2D eigenvalue weighted by atomic mass is 35.5. The van der Waals surface area contributed by atoms with Crippen LogP contribution in [0.25, 0.3) is 0 Å². The summed E-state index contributed by atoms with van der Waals surface area (Å²) in [4.78, 5) is 17.6. The quantitative estimate of drug-likeness (QED) is 0.817. The molecule has 4 nitrogen and oxygen atoms in total. The van der Waals surface area contributed by atoms with E-state index in [4.69, 9.17) is 11.6 Å². The fraction of sp³-hybridized carbons (Fsp3) is 0.682. The Bertz CT molecular complexity index is 655. The van der Waals surface area contributed by atoms with E-state index in [1.807, 2.05) is 13.0 Å². The lowest BCUT2D eigenvalue weighted by Gasteiger charge is -2.43. The van der Waals surface area contributed by atoms with Gasteiger partial charge in [0, 0.05) is 54.4 Å². The van der Waals surface area contributed by atoms with Gasteiger partial charge in [-0.25, -0.2) is 0 Å². The molecule has 3 rings (SSSR count). The number of rotatable bonds is 4. The number of aryl methyl sites for hydroxylation is 1. The van der Waals surface area contributed by atoms with E-state index in [0.717, 1.165) is 61.6 Å². The second-order valence-corrected chi connectivity index (χ2v) is 9.03. The van der Waals surface area contributed by atoms with Gasteiger partial charge < -0.3 is 10.2 Å². The van der Waals surface area contributed by atoms with Gasteiger partial charge in [0.25, 0.3) is 0 Å². The zero-order chi connectivity index (χ0) is 19.6. The maximum atomic E-state index is 13.0. The van der Waals surface area contributed by atoms with Crippen LogP contribution in [0.5, 0.6) is 0 Å². The Hall–Kier alpha value is -1.26. The minimum atomic E-state index is 0.197. The van der Waals surface area contributed by atoms with Crippen LogP contribution >= 0.6 is 11.6 Å². The van der Waals surface area contributed by atoms with Gasteiger partial charge in [0.2, 0.25) is 5.91 Å². The first-order valence-electron chi connectivity index (χ1n) is 10.4. The van der Waals surface area contributed by atoms with Gasteiger partial charge in [-0.05, 0) is 71.1 Å². The van der Waals surface area contributed by atoms with Gasteiger partial charge in [-0.1, -0.05) is 17.7 Å². The van der Waals surface area contributed by atoms with Crippen molar-refractivity contribution in [3.63, 3.8) is 0 Å². The first-order chi connectivity index (χ1) is 12.8. The van der Waals surface area contributed by atoms with Crippen LogP contribution in [0.3, 0.4) is 0 Å². The van der Waals surface area contributed by atoms with Crippen LogP contribution in [0.4, 0.5) is 5.69 Å². The molecule has 0 spiro atoms. The molecule has 150 valence electrons. The van der Waals surface area contributed by atoms with Crippen LogP contribution in [-0.2, 0) is 4.79 Å². The summed E-state index contributed by atoms with van der Waals surface area (Å²) < 4.78 is 0. The number of hydrogen-bond acceptors (Lipinski definition) is 3. The van der Waals surface area contributed by atoms with Gasteiger partial charge in [0.05, 0.1) is 0 Å². The third kappa shape index (κ3) is 4.97. The molecule has 0 aromatic heterocycles. The second kappa shape index (κ2) is 8.83. The Morgan fingerprint density at radius 2 is 1.89 bits per heavy atom. The van der Waals surface area contributed by atoms with E-state index >= 15 is 0 Å². The molecule has 27 heavy (non-hydrogen) atoms. The standard InChI is InChI=1S/C22H34ClN3O/c1-15(2)26-12-11-25(14-17(26)4)22(27)18-6-9-19(10-7-18)24-20-8-5-16(3)21(23)13-20/h5,8,13,15,17-19,24H,6-7,9-12,14H2,1-4H3.